The molecule has 2 nitrogen and oxygen atoms in total. The first-order valence-corrected chi connectivity index (χ1v) is 4.16. The molecule has 0 aromatic rings. The van der Waals surface area contributed by atoms with E-state index in [1.165, 1.54) is 32.4 Å². The summed E-state index contributed by atoms with van der Waals surface area (Å²) in [5.74, 6) is 0.625. The minimum Gasteiger partial charge on any atom is -0.396 e. The monoisotopic (exact) mass is 141 g/mol. The van der Waals surface area contributed by atoms with E-state index in [0.29, 0.717) is 17.9 Å². The molecule has 0 aromatic heterocycles. The third kappa shape index (κ3) is 0.867. The van der Waals surface area contributed by atoms with E-state index in [0.717, 1.165) is 0 Å². The molecule has 0 aromatic carbocycles. The molecule has 1 aliphatic heterocycles. The van der Waals surface area contributed by atoms with Gasteiger partial charge in [0.25, 0.3) is 0 Å². The minimum absolute atomic E-state index is 0.405. The van der Waals surface area contributed by atoms with E-state index in [2.05, 4.69) is 5.32 Å². The standard InChI is InChI=1S/C8H15NO/c10-5-7-3-8(4-7)1-2-9-6-8/h7,9-10H,1-6H2. The highest BCUT2D eigenvalue weighted by Gasteiger charge is 2.45. The Morgan fingerprint density at radius 1 is 1.50 bits per heavy atom. The molecule has 2 fully saturated rings. The lowest BCUT2D eigenvalue weighted by Crippen LogP contribution is -2.40. The van der Waals surface area contributed by atoms with Crippen molar-refractivity contribution in [2.24, 2.45) is 11.3 Å². The summed E-state index contributed by atoms with van der Waals surface area (Å²) >= 11 is 0. The largest absolute Gasteiger partial charge is 0.396 e. The van der Waals surface area contributed by atoms with Crippen LogP contribution in [0.4, 0.5) is 0 Å². The van der Waals surface area contributed by atoms with Crippen LogP contribution in [0.2, 0.25) is 0 Å². The number of hydrogen-bond acceptors (Lipinski definition) is 2. The van der Waals surface area contributed by atoms with Crippen molar-refractivity contribution in [1.29, 1.82) is 0 Å². The molecule has 1 saturated carbocycles. The number of aliphatic hydroxyl groups excluding tert-OH is 1. The maximum Gasteiger partial charge on any atom is 0.0459 e. The number of nitrogens with one attached hydrogen (secondary N) is 1. The van der Waals surface area contributed by atoms with E-state index in [-0.39, 0.29) is 0 Å². The van der Waals surface area contributed by atoms with Crippen LogP contribution in [-0.4, -0.2) is 24.8 Å². The fraction of sp³-hybridized carbons (Fsp3) is 1.00. The van der Waals surface area contributed by atoms with E-state index in [9.17, 15) is 0 Å². The molecule has 0 radical (unpaired) electrons. The number of aliphatic hydroxyl groups is 1. The molecule has 2 rings (SSSR count). The molecule has 1 aliphatic carbocycles. The Balaban J connectivity index is 1.86. The Labute approximate surface area is 61.6 Å². The lowest BCUT2D eigenvalue weighted by molar-refractivity contribution is 0.0327. The molecule has 0 atom stereocenters. The van der Waals surface area contributed by atoms with Gasteiger partial charge in [-0.25, -0.2) is 0 Å². The fourth-order valence-corrected chi connectivity index (χ4v) is 2.44. The van der Waals surface area contributed by atoms with Crippen LogP contribution in [0.3, 0.4) is 0 Å². The Bertz CT molecular complexity index is 121. The van der Waals surface area contributed by atoms with Crippen LogP contribution in [0, 0.1) is 11.3 Å². The molecule has 1 spiro atoms. The molecule has 1 heterocycles. The highest BCUT2D eigenvalue weighted by Crippen LogP contribution is 2.49. The SMILES string of the molecule is OCC1CC2(CCNC2)C1. The Morgan fingerprint density at radius 3 is 2.80 bits per heavy atom. The van der Waals surface area contributed by atoms with Crippen molar-refractivity contribution in [1.82, 2.24) is 5.32 Å². The summed E-state index contributed by atoms with van der Waals surface area (Å²) in [6.45, 7) is 2.80. The predicted molar refractivity (Wildman–Crippen MR) is 39.7 cm³/mol. The lowest BCUT2D eigenvalue weighted by Gasteiger charge is -2.44. The smallest absolute Gasteiger partial charge is 0.0459 e. The quantitative estimate of drug-likeness (QED) is 0.553. The van der Waals surface area contributed by atoms with Crippen molar-refractivity contribution in [3.8, 4) is 0 Å². The summed E-state index contributed by atoms with van der Waals surface area (Å²) in [6, 6.07) is 0. The van der Waals surface area contributed by atoms with Crippen molar-refractivity contribution in [3.63, 3.8) is 0 Å². The third-order valence-corrected chi connectivity index (χ3v) is 3.03. The molecule has 2 heteroatoms. The van der Waals surface area contributed by atoms with Crippen LogP contribution in [0.5, 0.6) is 0 Å². The van der Waals surface area contributed by atoms with Gasteiger partial charge in [0.2, 0.25) is 0 Å². The van der Waals surface area contributed by atoms with Gasteiger partial charge in [0.05, 0.1) is 0 Å². The van der Waals surface area contributed by atoms with Crippen molar-refractivity contribution >= 4 is 0 Å². The minimum atomic E-state index is 0.405. The third-order valence-electron chi connectivity index (χ3n) is 3.03. The average Bonchev–Trinajstić information content (AvgIpc) is 2.30. The highest BCUT2D eigenvalue weighted by atomic mass is 16.3. The molecule has 0 amide bonds. The van der Waals surface area contributed by atoms with Crippen LogP contribution in [-0.2, 0) is 0 Å². The van der Waals surface area contributed by atoms with Gasteiger partial charge in [0, 0.05) is 13.2 Å². The van der Waals surface area contributed by atoms with Gasteiger partial charge in [-0.15, -0.1) is 0 Å². The summed E-state index contributed by atoms with van der Waals surface area (Å²) in [5, 5.41) is 12.2. The van der Waals surface area contributed by atoms with Gasteiger partial charge in [-0.05, 0) is 37.1 Å². The van der Waals surface area contributed by atoms with Crippen molar-refractivity contribution in [2.75, 3.05) is 19.7 Å². The number of hydrogen-bond donors (Lipinski definition) is 2. The fourth-order valence-electron chi connectivity index (χ4n) is 2.44. The van der Waals surface area contributed by atoms with Crippen LogP contribution < -0.4 is 5.32 Å². The van der Waals surface area contributed by atoms with E-state index in [4.69, 9.17) is 5.11 Å². The summed E-state index contributed by atoms with van der Waals surface area (Å²) in [4.78, 5) is 0. The van der Waals surface area contributed by atoms with Gasteiger partial charge >= 0.3 is 0 Å². The molecular formula is C8H15NO. The maximum absolute atomic E-state index is 8.81. The molecule has 0 unspecified atom stereocenters. The van der Waals surface area contributed by atoms with E-state index in [1.54, 1.807) is 0 Å². The molecule has 0 bridgehead atoms. The lowest BCUT2D eigenvalue weighted by atomic mass is 9.62. The zero-order valence-electron chi connectivity index (χ0n) is 6.27. The first-order chi connectivity index (χ1) is 4.85. The second kappa shape index (κ2) is 2.21. The summed E-state index contributed by atoms with van der Waals surface area (Å²) < 4.78 is 0. The second-order valence-corrected chi connectivity index (χ2v) is 3.88. The zero-order valence-corrected chi connectivity index (χ0v) is 6.27. The Hall–Kier alpha value is -0.0800. The first kappa shape index (κ1) is 6.62. The molecular weight excluding hydrogens is 126 g/mol. The molecule has 1 saturated heterocycles. The molecule has 10 heavy (non-hydrogen) atoms. The normalized spacial score (nSPS) is 45.9. The Morgan fingerprint density at radius 2 is 2.30 bits per heavy atom. The first-order valence-electron chi connectivity index (χ1n) is 4.16. The predicted octanol–water partition coefficient (Wildman–Crippen LogP) is 0.368. The zero-order chi connectivity index (χ0) is 7.03. The van der Waals surface area contributed by atoms with Gasteiger partial charge in [-0.2, -0.15) is 0 Å². The topological polar surface area (TPSA) is 32.3 Å². The van der Waals surface area contributed by atoms with Crippen molar-refractivity contribution < 1.29 is 5.11 Å². The van der Waals surface area contributed by atoms with Gasteiger partial charge in [-0.1, -0.05) is 0 Å². The Kier molecular flexibility index (Phi) is 1.46. The van der Waals surface area contributed by atoms with Gasteiger partial charge in [-0.3, -0.25) is 0 Å². The van der Waals surface area contributed by atoms with E-state index in [1.807, 2.05) is 0 Å². The van der Waals surface area contributed by atoms with E-state index >= 15 is 0 Å². The molecule has 58 valence electrons. The number of rotatable bonds is 1. The summed E-state index contributed by atoms with van der Waals surface area (Å²) in [6.07, 6.45) is 3.86. The van der Waals surface area contributed by atoms with Crippen LogP contribution in [0.15, 0.2) is 0 Å². The van der Waals surface area contributed by atoms with Gasteiger partial charge in [0.1, 0.15) is 0 Å². The van der Waals surface area contributed by atoms with Crippen molar-refractivity contribution in [2.45, 2.75) is 19.3 Å². The highest BCUT2D eigenvalue weighted by molar-refractivity contribution is 4.98. The van der Waals surface area contributed by atoms with Crippen molar-refractivity contribution in [3.05, 3.63) is 0 Å². The maximum atomic E-state index is 8.81. The second-order valence-electron chi connectivity index (χ2n) is 3.88. The van der Waals surface area contributed by atoms with Crippen LogP contribution in [0.25, 0.3) is 0 Å². The molecule has 2 N–H and O–H groups in total. The van der Waals surface area contributed by atoms with E-state index < -0.39 is 0 Å². The summed E-state index contributed by atoms with van der Waals surface area (Å²) in [5.41, 5.74) is 0.618. The summed E-state index contributed by atoms with van der Waals surface area (Å²) in [7, 11) is 0. The average molecular weight is 141 g/mol. The van der Waals surface area contributed by atoms with Gasteiger partial charge in [0.15, 0.2) is 0 Å². The molecule has 2 aliphatic rings. The van der Waals surface area contributed by atoms with Crippen LogP contribution in [0.1, 0.15) is 19.3 Å². The van der Waals surface area contributed by atoms with Crippen LogP contribution >= 0.6 is 0 Å². The van der Waals surface area contributed by atoms with Gasteiger partial charge < -0.3 is 10.4 Å².